The standard InChI is InChI=1S/C63H97N13O11/c1-36(2)32-45-56(80)71-47(34-41-20-12-10-13-21-41)62(86)75-30-18-26-49(75)58(82)66-40(9)53(77)73-51(38(5)6)60(84)67-43(24-16-28-64)54(78)69-46(33-37(3)4)57(81)72-48(35-42-22-14-11-15-23-42)63(87)76-31-19-27-50(76)59(83)74-52(39(7)8)61(85)68-44(25-17-29-65)55(79)70-45/h10-15,20-23,36-40,43-52H,16-19,24-35,64-65H2,1-9H3,(H,66,82)(H,67,84)(H,68,85)(H,69,78)(H,70,79)(H,71,80)(H,72,81)(H,73,77)(H,74,83)/t40-,43-,44-,45-,46-,47+,48+,49-,50-,51-,52-/m0/s1. The second-order valence-corrected chi connectivity index (χ2v) is 24.9. The van der Waals surface area contributed by atoms with Crippen molar-refractivity contribution < 1.29 is 52.7 Å². The molecule has 3 fully saturated rings. The molecule has 0 radical (unpaired) electrons. The van der Waals surface area contributed by atoms with Gasteiger partial charge in [-0.1, -0.05) is 116 Å². The van der Waals surface area contributed by atoms with Crippen LogP contribution < -0.4 is 59.3 Å². The molecular weight excluding hydrogens is 1110 g/mol. The van der Waals surface area contributed by atoms with E-state index in [9.17, 15) is 52.7 Å². The number of hydrogen-bond acceptors (Lipinski definition) is 13. The maximum Gasteiger partial charge on any atom is 0.246 e. The molecule has 13 N–H and O–H groups in total. The lowest BCUT2D eigenvalue weighted by Gasteiger charge is -2.32. The summed E-state index contributed by atoms with van der Waals surface area (Å²) in [6.45, 7) is 16.3. The molecule has 11 atom stereocenters. The predicted octanol–water partition coefficient (Wildman–Crippen LogP) is 0.732. The number of fused-ring (bicyclic) bond motifs is 2. The molecule has 5 rings (SSSR count). The Balaban J connectivity index is 1.57. The molecule has 0 aromatic heterocycles. The summed E-state index contributed by atoms with van der Waals surface area (Å²) in [7, 11) is 0. The zero-order valence-corrected chi connectivity index (χ0v) is 52.3. The highest BCUT2D eigenvalue weighted by Gasteiger charge is 2.43. The van der Waals surface area contributed by atoms with Crippen LogP contribution in [0.3, 0.4) is 0 Å². The van der Waals surface area contributed by atoms with E-state index < -0.39 is 143 Å². The number of carbonyl (C=O) groups is 11. The van der Waals surface area contributed by atoms with Crippen molar-refractivity contribution in [2.24, 2.45) is 35.1 Å². The molecule has 3 aliphatic rings. The number of benzene rings is 2. The lowest BCUT2D eigenvalue weighted by molar-refractivity contribution is -0.143. The number of nitrogens with one attached hydrogen (secondary N) is 9. The van der Waals surface area contributed by atoms with Crippen LogP contribution in [0.1, 0.15) is 138 Å². The third-order valence-corrected chi connectivity index (χ3v) is 16.1. The molecule has 2 aromatic rings. The molecular formula is C63H97N13O11. The van der Waals surface area contributed by atoms with Gasteiger partial charge in [-0.15, -0.1) is 0 Å². The van der Waals surface area contributed by atoms with Crippen LogP contribution in [0.25, 0.3) is 0 Å². The molecule has 2 aromatic carbocycles. The van der Waals surface area contributed by atoms with Crippen molar-refractivity contribution in [2.45, 2.75) is 206 Å². The molecule has 87 heavy (non-hydrogen) atoms. The highest BCUT2D eigenvalue weighted by atomic mass is 16.2. The SMILES string of the molecule is CC(C)C[C@@H]1NC(=O)[C@H](CCCN)NC(=O)[C@H](C(C)C)NC(=O)[C@@H]2CCCN2C(=O)[C@@H](Cc2ccccc2)NC(=O)[C@H](CC(C)C)NC(=O)[C@H](CCCN)NC(=O)[C@H](C(C)C)NC(=O)[C@H](C)NC(=O)[C@@H]2CCCN2C(=O)[C@@H](Cc2ccccc2)NC1=O. The van der Waals surface area contributed by atoms with Gasteiger partial charge in [0, 0.05) is 25.9 Å². The normalized spacial score (nSPS) is 26.9. The molecule has 0 spiro atoms. The van der Waals surface area contributed by atoms with E-state index in [4.69, 9.17) is 11.5 Å². The Morgan fingerprint density at radius 1 is 0.414 bits per heavy atom. The third-order valence-electron chi connectivity index (χ3n) is 16.1. The molecule has 3 saturated heterocycles. The van der Waals surface area contributed by atoms with Crippen molar-refractivity contribution in [3.63, 3.8) is 0 Å². The van der Waals surface area contributed by atoms with E-state index in [2.05, 4.69) is 47.9 Å². The topological polar surface area (TPSA) is 355 Å². The quantitative estimate of drug-likeness (QED) is 0.111. The van der Waals surface area contributed by atoms with E-state index in [1.165, 1.54) is 16.7 Å². The average molecular weight is 1210 g/mol. The van der Waals surface area contributed by atoms with Gasteiger partial charge in [-0.3, -0.25) is 52.7 Å². The molecule has 24 nitrogen and oxygen atoms in total. The maximum absolute atomic E-state index is 15.0. The Morgan fingerprint density at radius 2 is 0.747 bits per heavy atom. The van der Waals surface area contributed by atoms with Gasteiger partial charge >= 0.3 is 0 Å². The lowest BCUT2D eigenvalue weighted by Crippen LogP contribution is -2.61. The predicted molar refractivity (Wildman–Crippen MR) is 328 cm³/mol. The minimum atomic E-state index is -1.24. The van der Waals surface area contributed by atoms with Crippen LogP contribution in [0.15, 0.2) is 60.7 Å². The van der Waals surface area contributed by atoms with Crippen LogP contribution in [0.4, 0.5) is 0 Å². The number of amides is 11. The van der Waals surface area contributed by atoms with Crippen molar-refractivity contribution in [1.29, 1.82) is 0 Å². The number of rotatable bonds is 16. The fraction of sp³-hybridized carbons (Fsp3) is 0.635. The summed E-state index contributed by atoms with van der Waals surface area (Å²) >= 11 is 0. The molecule has 24 heteroatoms. The number of nitrogens with two attached hydrogens (primary N) is 2. The zero-order valence-electron chi connectivity index (χ0n) is 52.3. The summed E-state index contributed by atoms with van der Waals surface area (Å²) in [6, 6.07) is 4.73. The first-order chi connectivity index (χ1) is 41.3. The van der Waals surface area contributed by atoms with Crippen LogP contribution in [-0.2, 0) is 65.6 Å². The van der Waals surface area contributed by atoms with Gasteiger partial charge in [0.25, 0.3) is 0 Å². The summed E-state index contributed by atoms with van der Waals surface area (Å²) in [5.41, 5.74) is 13.2. The Bertz CT molecular complexity index is 2680. The van der Waals surface area contributed by atoms with Gasteiger partial charge in [-0.25, -0.2) is 0 Å². The minimum Gasteiger partial charge on any atom is -0.343 e. The van der Waals surface area contributed by atoms with Crippen molar-refractivity contribution in [3.05, 3.63) is 71.8 Å². The summed E-state index contributed by atoms with van der Waals surface area (Å²) in [5, 5.41) is 25.3. The third kappa shape index (κ3) is 20.8. The van der Waals surface area contributed by atoms with Gasteiger partial charge in [0.05, 0.1) is 0 Å². The van der Waals surface area contributed by atoms with Crippen LogP contribution in [0.2, 0.25) is 0 Å². The second-order valence-electron chi connectivity index (χ2n) is 24.9. The second kappa shape index (κ2) is 34.2. The Hall–Kier alpha value is -7.47. The number of carbonyl (C=O) groups excluding carboxylic acids is 11. The molecule has 0 aliphatic carbocycles. The van der Waals surface area contributed by atoms with Crippen molar-refractivity contribution in [3.8, 4) is 0 Å². The average Bonchev–Trinajstić information content (AvgIpc) is 2.86. The van der Waals surface area contributed by atoms with Crippen molar-refractivity contribution >= 4 is 65.0 Å². The molecule has 480 valence electrons. The van der Waals surface area contributed by atoms with Gasteiger partial charge in [0.15, 0.2) is 0 Å². The smallest absolute Gasteiger partial charge is 0.246 e. The lowest BCUT2D eigenvalue weighted by atomic mass is 9.99. The first-order valence-corrected chi connectivity index (χ1v) is 31.2. The van der Waals surface area contributed by atoms with E-state index in [0.29, 0.717) is 24.0 Å². The Morgan fingerprint density at radius 3 is 1.10 bits per heavy atom. The van der Waals surface area contributed by atoms with Crippen molar-refractivity contribution in [2.75, 3.05) is 26.2 Å². The Kier molecular flexibility index (Phi) is 27.6. The van der Waals surface area contributed by atoms with Crippen molar-refractivity contribution in [1.82, 2.24) is 57.7 Å². The summed E-state index contributed by atoms with van der Waals surface area (Å²) < 4.78 is 0. The van der Waals surface area contributed by atoms with Gasteiger partial charge in [-0.05, 0) is 119 Å². The molecule has 0 unspecified atom stereocenters. The van der Waals surface area contributed by atoms with Gasteiger partial charge in [0.2, 0.25) is 65.0 Å². The largest absolute Gasteiger partial charge is 0.343 e. The molecule has 11 amide bonds. The molecule has 0 saturated carbocycles. The van der Waals surface area contributed by atoms with Gasteiger partial charge in [-0.2, -0.15) is 0 Å². The Labute approximate surface area is 512 Å². The van der Waals surface area contributed by atoms with Gasteiger partial charge in [0.1, 0.15) is 66.5 Å². The van der Waals surface area contributed by atoms with E-state index >= 15 is 0 Å². The fourth-order valence-corrected chi connectivity index (χ4v) is 11.3. The molecule has 3 heterocycles. The van der Waals surface area contributed by atoms with Crippen LogP contribution >= 0.6 is 0 Å². The van der Waals surface area contributed by atoms with E-state index in [1.807, 2.05) is 27.7 Å². The zero-order chi connectivity index (χ0) is 64.1. The molecule has 0 bridgehead atoms. The summed E-state index contributed by atoms with van der Waals surface area (Å²) in [5.74, 6) is -8.82. The van der Waals surface area contributed by atoms with E-state index in [1.54, 1.807) is 88.4 Å². The monoisotopic (exact) mass is 1210 g/mol. The summed E-state index contributed by atoms with van der Waals surface area (Å²) in [6.07, 6.45) is 2.23. The first kappa shape index (κ1) is 70.3. The minimum absolute atomic E-state index is 0.00672. The van der Waals surface area contributed by atoms with Gasteiger partial charge < -0.3 is 69.1 Å². The van der Waals surface area contributed by atoms with Crippen LogP contribution in [0.5, 0.6) is 0 Å². The summed E-state index contributed by atoms with van der Waals surface area (Å²) in [4.78, 5) is 162. The number of hydrogen-bond donors (Lipinski definition) is 11. The van der Waals surface area contributed by atoms with E-state index in [0.717, 1.165) is 0 Å². The van der Waals surface area contributed by atoms with Crippen LogP contribution in [-0.4, -0.2) is 167 Å². The fourth-order valence-electron chi connectivity index (χ4n) is 11.3. The highest BCUT2D eigenvalue weighted by molar-refractivity contribution is 6.00. The first-order valence-electron chi connectivity index (χ1n) is 31.2. The van der Waals surface area contributed by atoms with Crippen LogP contribution in [0, 0.1) is 23.7 Å². The molecule has 3 aliphatic heterocycles. The maximum atomic E-state index is 15.0. The van der Waals surface area contributed by atoms with E-state index in [-0.39, 0.29) is 102 Å². The number of nitrogens with zero attached hydrogens (tertiary/aromatic N) is 2. The highest BCUT2D eigenvalue weighted by Crippen LogP contribution is 2.23.